The fraction of sp³-hybridized carbons (Fsp3) is 0.364. The maximum atomic E-state index is 13.5. The lowest BCUT2D eigenvalue weighted by Crippen LogP contribution is -2.20. The second-order valence-electron chi connectivity index (χ2n) is 4.12. The first-order chi connectivity index (χ1) is 8.99. The number of rotatable bonds is 4. The van der Waals surface area contributed by atoms with Crippen molar-refractivity contribution in [3.8, 4) is 0 Å². The summed E-state index contributed by atoms with van der Waals surface area (Å²) in [6.45, 7) is 0.903. The summed E-state index contributed by atoms with van der Waals surface area (Å²) in [5.41, 5.74) is -1.23. The average molecular weight is 270 g/mol. The number of aromatic carboxylic acids is 1. The van der Waals surface area contributed by atoms with Crippen LogP contribution in [0.4, 0.5) is 15.8 Å². The van der Waals surface area contributed by atoms with Gasteiger partial charge in [-0.1, -0.05) is 0 Å². The van der Waals surface area contributed by atoms with Crippen molar-refractivity contribution in [3.63, 3.8) is 0 Å². The Hall–Kier alpha value is -2.22. The van der Waals surface area contributed by atoms with E-state index in [1.54, 1.807) is 0 Å². The summed E-state index contributed by atoms with van der Waals surface area (Å²) in [6.07, 6.45) is 0.652. The fourth-order valence-corrected chi connectivity index (χ4v) is 1.86. The molecule has 102 valence electrons. The number of carboxylic acids is 1. The summed E-state index contributed by atoms with van der Waals surface area (Å²) >= 11 is 0. The highest BCUT2D eigenvalue weighted by Crippen LogP contribution is 2.29. The molecule has 0 radical (unpaired) electrons. The second kappa shape index (κ2) is 5.19. The molecule has 19 heavy (non-hydrogen) atoms. The molecule has 0 aliphatic carbocycles. The molecule has 8 heteroatoms. The van der Waals surface area contributed by atoms with E-state index in [0.29, 0.717) is 19.6 Å². The van der Waals surface area contributed by atoms with Crippen LogP contribution in [0.15, 0.2) is 12.1 Å². The Balaban J connectivity index is 2.38. The number of carbonyl (C=O) groups is 1. The Bertz CT molecular complexity index is 528. The lowest BCUT2D eigenvalue weighted by Gasteiger charge is -2.13. The van der Waals surface area contributed by atoms with E-state index in [1.807, 2.05) is 0 Å². The molecule has 1 fully saturated rings. The third-order valence-electron chi connectivity index (χ3n) is 2.80. The van der Waals surface area contributed by atoms with Crippen LogP contribution in [0.1, 0.15) is 16.8 Å². The number of benzene rings is 1. The molecule has 1 aliphatic rings. The van der Waals surface area contributed by atoms with Gasteiger partial charge >= 0.3 is 5.97 Å². The third kappa shape index (κ3) is 2.79. The SMILES string of the molecule is O=C(O)c1cc([N+](=O)[O-])c(NC2CCOC2)cc1F. The van der Waals surface area contributed by atoms with E-state index in [1.165, 1.54) is 0 Å². The van der Waals surface area contributed by atoms with Crippen molar-refractivity contribution in [1.82, 2.24) is 0 Å². The minimum Gasteiger partial charge on any atom is -0.478 e. The fourth-order valence-electron chi connectivity index (χ4n) is 1.86. The second-order valence-corrected chi connectivity index (χ2v) is 4.12. The van der Waals surface area contributed by atoms with Gasteiger partial charge in [0.25, 0.3) is 5.69 Å². The smallest absolute Gasteiger partial charge is 0.338 e. The summed E-state index contributed by atoms with van der Waals surface area (Å²) in [5, 5.41) is 22.4. The van der Waals surface area contributed by atoms with Crippen molar-refractivity contribution in [1.29, 1.82) is 0 Å². The van der Waals surface area contributed by atoms with Crippen LogP contribution in [0.5, 0.6) is 0 Å². The van der Waals surface area contributed by atoms with Crippen LogP contribution in [0.3, 0.4) is 0 Å². The number of carboxylic acid groups (broad SMARTS) is 1. The van der Waals surface area contributed by atoms with Crippen molar-refractivity contribution >= 4 is 17.3 Å². The number of ether oxygens (including phenoxy) is 1. The zero-order valence-corrected chi connectivity index (χ0v) is 9.76. The number of nitrogens with zero attached hydrogens (tertiary/aromatic N) is 1. The van der Waals surface area contributed by atoms with Crippen LogP contribution in [-0.4, -0.2) is 35.3 Å². The molecule has 2 N–H and O–H groups in total. The van der Waals surface area contributed by atoms with E-state index in [4.69, 9.17) is 9.84 Å². The van der Waals surface area contributed by atoms with Gasteiger partial charge in [-0.05, 0) is 6.42 Å². The summed E-state index contributed by atoms with van der Waals surface area (Å²) in [5.74, 6) is -2.56. The molecule has 0 saturated carbocycles. The molecule has 1 saturated heterocycles. The van der Waals surface area contributed by atoms with Crippen molar-refractivity contribution in [3.05, 3.63) is 33.6 Å². The molecule has 1 unspecified atom stereocenters. The Morgan fingerprint density at radius 1 is 1.58 bits per heavy atom. The zero-order chi connectivity index (χ0) is 14.0. The molecule has 0 bridgehead atoms. The molecule has 1 atom stereocenters. The van der Waals surface area contributed by atoms with E-state index in [-0.39, 0.29) is 11.7 Å². The standard InChI is InChI=1S/C11H11FN2O5/c12-8-4-9(13-6-1-2-19-5-6)10(14(17)18)3-7(8)11(15)16/h3-4,6,13H,1-2,5H2,(H,15,16). The lowest BCUT2D eigenvalue weighted by molar-refractivity contribution is -0.384. The molecule has 0 aromatic heterocycles. The van der Waals surface area contributed by atoms with E-state index < -0.39 is 28.0 Å². The van der Waals surface area contributed by atoms with Gasteiger partial charge in [-0.15, -0.1) is 0 Å². The Kier molecular flexibility index (Phi) is 3.61. The largest absolute Gasteiger partial charge is 0.478 e. The number of hydrogen-bond acceptors (Lipinski definition) is 5. The van der Waals surface area contributed by atoms with E-state index >= 15 is 0 Å². The molecule has 1 aromatic rings. The number of halogens is 1. The van der Waals surface area contributed by atoms with Gasteiger partial charge in [0, 0.05) is 18.7 Å². The van der Waals surface area contributed by atoms with Gasteiger partial charge in [-0.2, -0.15) is 0 Å². The maximum Gasteiger partial charge on any atom is 0.338 e. The molecule has 0 spiro atoms. The highest BCUT2D eigenvalue weighted by atomic mass is 19.1. The van der Waals surface area contributed by atoms with Crippen molar-refractivity contribution in [2.75, 3.05) is 18.5 Å². The zero-order valence-electron chi connectivity index (χ0n) is 9.76. The van der Waals surface area contributed by atoms with Crippen molar-refractivity contribution in [2.45, 2.75) is 12.5 Å². The predicted octanol–water partition coefficient (Wildman–Crippen LogP) is 1.63. The Labute approximate surface area is 107 Å². The van der Waals surface area contributed by atoms with E-state index in [2.05, 4.69) is 5.32 Å². The van der Waals surface area contributed by atoms with Crippen LogP contribution in [-0.2, 0) is 4.74 Å². The molecule has 1 aromatic carbocycles. The quantitative estimate of drug-likeness (QED) is 0.637. The normalized spacial score (nSPS) is 18.3. The molecular weight excluding hydrogens is 259 g/mol. The van der Waals surface area contributed by atoms with E-state index in [0.717, 1.165) is 12.1 Å². The lowest BCUT2D eigenvalue weighted by atomic mass is 10.1. The number of nitrogens with one attached hydrogen (secondary N) is 1. The molecule has 1 aliphatic heterocycles. The Morgan fingerprint density at radius 3 is 2.84 bits per heavy atom. The summed E-state index contributed by atoms with van der Waals surface area (Å²) in [4.78, 5) is 20.9. The van der Waals surface area contributed by atoms with Gasteiger partial charge in [0.05, 0.1) is 17.6 Å². The molecule has 2 rings (SSSR count). The van der Waals surface area contributed by atoms with Gasteiger partial charge in [0.2, 0.25) is 0 Å². The summed E-state index contributed by atoms with van der Waals surface area (Å²) in [7, 11) is 0. The van der Waals surface area contributed by atoms with Crippen molar-refractivity contribution < 1.29 is 24.0 Å². The third-order valence-corrected chi connectivity index (χ3v) is 2.80. The molecule has 1 heterocycles. The number of hydrogen-bond donors (Lipinski definition) is 2. The highest BCUT2D eigenvalue weighted by molar-refractivity contribution is 5.90. The first-order valence-corrected chi connectivity index (χ1v) is 5.54. The monoisotopic (exact) mass is 270 g/mol. The molecular formula is C11H11FN2O5. The van der Waals surface area contributed by atoms with Gasteiger partial charge in [0.1, 0.15) is 17.1 Å². The van der Waals surface area contributed by atoms with Crippen LogP contribution < -0.4 is 5.32 Å². The highest BCUT2D eigenvalue weighted by Gasteiger charge is 2.24. The first-order valence-electron chi connectivity index (χ1n) is 5.54. The van der Waals surface area contributed by atoms with Crippen molar-refractivity contribution in [2.24, 2.45) is 0 Å². The van der Waals surface area contributed by atoms with Gasteiger partial charge in [0.15, 0.2) is 0 Å². The van der Waals surface area contributed by atoms with Crippen LogP contribution in [0.2, 0.25) is 0 Å². The number of nitro groups is 1. The summed E-state index contributed by atoms with van der Waals surface area (Å²) in [6, 6.07) is 1.41. The summed E-state index contributed by atoms with van der Waals surface area (Å²) < 4.78 is 18.6. The maximum absolute atomic E-state index is 13.5. The number of nitro benzene ring substituents is 1. The number of anilines is 1. The molecule has 0 amide bonds. The van der Waals surface area contributed by atoms with Gasteiger partial charge < -0.3 is 15.2 Å². The Morgan fingerprint density at radius 2 is 2.32 bits per heavy atom. The minimum absolute atomic E-state index is 0.0389. The van der Waals surface area contributed by atoms with Gasteiger partial charge in [-0.25, -0.2) is 9.18 Å². The first kappa shape index (κ1) is 13.2. The van der Waals surface area contributed by atoms with Crippen LogP contribution in [0, 0.1) is 15.9 Å². The van der Waals surface area contributed by atoms with Crippen LogP contribution >= 0.6 is 0 Å². The van der Waals surface area contributed by atoms with E-state index in [9.17, 15) is 19.3 Å². The predicted molar refractivity (Wildman–Crippen MR) is 62.9 cm³/mol. The van der Waals surface area contributed by atoms with Gasteiger partial charge in [-0.3, -0.25) is 10.1 Å². The van der Waals surface area contributed by atoms with Crippen LogP contribution in [0.25, 0.3) is 0 Å². The molecule has 7 nitrogen and oxygen atoms in total. The average Bonchev–Trinajstić information content (AvgIpc) is 2.81. The topological polar surface area (TPSA) is 102 Å². The minimum atomic E-state index is -1.55.